The Kier molecular flexibility index (Phi) is 9.41. The Morgan fingerprint density at radius 2 is 1.89 bits per heavy atom. The van der Waals surface area contributed by atoms with Crippen LogP contribution in [0.1, 0.15) is 78.3 Å². The van der Waals surface area contributed by atoms with Gasteiger partial charge in [-0.05, 0) is 66.0 Å². The number of thiazole rings is 1. The van der Waals surface area contributed by atoms with Crippen LogP contribution in [-0.4, -0.2) is 83.7 Å². The molecule has 4 aromatic rings. The molecule has 0 unspecified atom stereocenters. The van der Waals surface area contributed by atoms with E-state index in [9.17, 15) is 14.7 Å². The number of likely N-dealkylation sites (tertiary alicyclic amines) is 1. The summed E-state index contributed by atoms with van der Waals surface area (Å²) in [5.41, 5.74) is 0.933. The van der Waals surface area contributed by atoms with E-state index in [-0.39, 0.29) is 24.9 Å². The fourth-order valence-corrected chi connectivity index (χ4v) is 6.07. The molecule has 0 saturated carbocycles. The van der Waals surface area contributed by atoms with Gasteiger partial charge in [0.25, 0.3) is 0 Å². The Balaban J connectivity index is 1.45. The molecule has 5 rings (SSSR count). The summed E-state index contributed by atoms with van der Waals surface area (Å²) in [5.74, 6) is 0.969. The van der Waals surface area contributed by atoms with Gasteiger partial charge in [-0.3, -0.25) is 4.90 Å². The molecule has 0 bridgehead atoms. The van der Waals surface area contributed by atoms with Crippen LogP contribution >= 0.6 is 11.3 Å². The van der Waals surface area contributed by atoms with Gasteiger partial charge in [0.05, 0.1) is 25.4 Å². The molecule has 1 aliphatic heterocycles. The van der Waals surface area contributed by atoms with Gasteiger partial charge in [-0.25, -0.2) is 24.5 Å². The van der Waals surface area contributed by atoms with E-state index in [2.05, 4.69) is 29.2 Å². The standard InChI is InChI=1S/C32H44N8O5S/c1-19(2)21-16-35-40-26(39(30(43)45-32(6,7)8)18-25-36-22-10-9-12-33-28(22)46-25)14-24(37-27(21)40)34-15-20-11-13-38(17-23(20)41)29(42)44-31(3,4)5/h9-10,12,14,16,19-20,23,41H,11,13,15,17-18H2,1-8H3,(H,34,37)/t20-,23+/m1/s1. The minimum Gasteiger partial charge on any atom is -0.444 e. The summed E-state index contributed by atoms with van der Waals surface area (Å²) in [6, 6.07) is 5.49. The van der Waals surface area contributed by atoms with Crippen LogP contribution in [0.5, 0.6) is 0 Å². The summed E-state index contributed by atoms with van der Waals surface area (Å²) in [6.07, 6.45) is 2.35. The Labute approximate surface area is 272 Å². The highest BCUT2D eigenvalue weighted by molar-refractivity contribution is 7.18. The van der Waals surface area contributed by atoms with Crippen LogP contribution < -0.4 is 10.2 Å². The van der Waals surface area contributed by atoms with E-state index in [1.54, 1.807) is 27.9 Å². The van der Waals surface area contributed by atoms with Crippen LogP contribution in [0, 0.1) is 5.92 Å². The number of β-amino-alcohol motifs (C(OH)–C–C–N with tert-alkyl or cyclic N) is 1. The SMILES string of the molecule is CC(C)c1cnn2c(N(Cc3nc4cccnc4s3)C(=O)OC(C)(C)C)cc(NC[C@H]3CCN(C(=O)OC(C)(C)C)C[C@@H]3O)nc12. The minimum atomic E-state index is -0.746. The number of aliphatic hydroxyl groups excluding tert-OH is 1. The van der Waals surface area contributed by atoms with E-state index in [4.69, 9.17) is 19.4 Å². The summed E-state index contributed by atoms with van der Waals surface area (Å²) in [7, 11) is 0. The molecule has 2 N–H and O–H groups in total. The Morgan fingerprint density at radius 3 is 2.54 bits per heavy atom. The molecule has 248 valence electrons. The second kappa shape index (κ2) is 13.0. The van der Waals surface area contributed by atoms with Crippen molar-refractivity contribution in [1.29, 1.82) is 0 Å². The average molecular weight is 653 g/mol. The molecule has 0 aliphatic carbocycles. The number of fused-ring (bicyclic) bond motifs is 2. The van der Waals surface area contributed by atoms with Crippen molar-refractivity contribution in [2.75, 3.05) is 29.9 Å². The number of hydrogen-bond donors (Lipinski definition) is 2. The first-order valence-electron chi connectivity index (χ1n) is 15.6. The van der Waals surface area contributed by atoms with Crippen molar-refractivity contribution in [2.24, 2.45) is 5.92 Å². The molecule has 5 heterocycles. The number of aliphatic hydroxyl groups is 1. The third kappa shape index (κ3) is 7.84. The monoisotopic (exact) mass is 652 g/mol. The third-order valence-corrected chi connectivity index (χ3v) is 8.38. The van der Waals surface area contributed by atoms with E-state index >= 15 is 0 Å². The number of carbonyl (C=O) groups is 2. The van der Waals surface area contributed by atoms with Gasteiger partial charge in [0.15, 0.2) is 5.65 Å². The number of piperidine rings is 1. The normalized spacial score (nSPS) is 17.5. The number of amides is 2. The van der Waals surface area contributed by atoms with Gasteiger partial charge in [-0.2, -0.15) is 9.61 Å². The second-order valence-electron chi connectivity index (χ2n) is 13.9. The third-order valence-electron chi connectivity index (χ3n) is 7.42. The number of carbonyl (C=O) groups excluding carboxylic acids is 2. The zero-order valence-electron chi connectivity index (χ0n) is 27.8. The highest BCUT2D eigenvalue weighted by atomic mass is 32.1. The lowest BCUT2D eigenvalue weighted by Crippen LogP contribution is -2.49. The van der Waals surface area contributed by atoms with Crippen LogP contribution in [0.4, 0.5) is 21.2 Å². The fourth-order valence-electron chi connectivity index (χ4n) is 5.17. The molecular weight excluding hydrogens is 608 g/mol. The van der Waals surface area contributed by atoms with Crippen molar-refractivity contribution < 1.29 is 24.2 Å². The smallest absolute Gasteiger partial charge is 0.416 e. The fraction of sp³-hybridized carbons (Fsp3) is 0.562. The molecule has 1 aliphatic rings. The molecular formula is C32H44N8O5S. The van der Waals surface area contributed by atoms with Crippen molar-refractivity contribution in [1.82, 2.24) is 29.5 Å². The molecule has 0 aromatic carbocycles. The van der Waals surface area contributed by atoms with E-state index in [0.717, 1.165) is 15.9 Å². The maximum absolute atomic E-state index is 13.8. The van der Waals surface area contributed by atoms with Gasteiger partial charge >= 0.3 is 12.2 Å². The van der Waals surface area contributed by atoms with Crippen molar-refractivity contribution in [3.8, 4) is 0 Å². The zero-order valence-corrected chi connectivity index (χ0v) is 28.6. The average Bonchev–Trinajstić information content (AvgIpc) is 3.57. The summed E-state index contributed by atoms with van der Waals surface area (Å²) in [6.45, 7) is 16.3. The summed E-state index contributed by atoms with van der Waals surface area (Å²) in [5, 5.41) is 19.7. The van der Waals surface area contributed by atoms with Gasteiger partial charge in [0.2, 0.25) is 0 Å². The lowest BCUT2D eigenvalue weighted by atomic mass is 9.94. The van der Waals surface area contributed by atoms with Gasteiger partial charge in [-0.15, -0.1) is 0 Å². The molecule has 1 fully saturated rings. The van der Waals surface area contributed by atoms with Crippen molar-refractivity contribution >= 4 is 51.2 Å². The number of aromatic nitrogens is 5. The molecule has 4 aromatic heterocycles. The van der Waals surface area contributed by atoms with Gasteiger partial charge in [0.1, 0.15) is 38.2 Å². The van der Waals surface area contributed by atoms with E-state index in [1.807, 2.05) is 53.7 Å². The van der Waals surface area contributed by atoms with Gasteiger partial charge in [0, 0.05) is 36.8 Å². The van der Waals surface area contributed by atoms with Crippen LogP contribution in [0.2, 0.25) is 0 Å². The van der Waals surface area contributed by atoms with Crippen LogP contribution in [0.15, 0.2) is 30.6 Å². The molecule has 46 heavy (non-hydrogen) atoms. The summed E-state index contributed by atoms with van der Waals surface area (Å²) in [4.78, 5) is 44.2. The second-order valence-corrected chi connectivity index (χ2v) is 15.0. The van der Waals surface area contributed by atoms with E-state index in [1.165, 1.54) is 16.2 Å². The number of anilines is 2. The molecule has 2 amide bonds. The number of rotatable bonds is 7. The number of hydrogen-bond acceptors (Lipinski definition) is 11. The minimum absolute atomic E-state index is 0.123. The van der Waals surface area contributed by atoms with E-state index in [0.29, 0.717) is 41.8 Å². The highest BCUT2D eigenvalue weighted by Crippen LogP contribution is 2.30. The maximum atomic E-state index is 13.8. The van der Waals surface area contributed by atoms with Gasteiger partial charge < -0.3 is 24.8 Å². The lowest BCUT2D eigenvalue weighted by molar-refractivity contribution is -0.0104. The van der Waals surface area contributed by atoms with Crippen molar-refractivity contribution in [3.63, 3.8) is 0 Å². The number of pyridine rings is 1. The van der Waals surface area contributed by atoms with Crippen molar-refractivity contribution in [2.45, 2.75) is 91.6 Å². The first kappa shape index (κ1) is 33.3. The highest BCUT2D eigenvalue weighted by Gasteiger charge is 2.33. The van der Waals surface area contributed by atoms with Crippen LogP contribution in [0.3, 0.4) is 0 Å². The molecule has 14 heteroatoms. The molecule has 13 nitrogen and oxygen atoms in total. The van der Waals surface area contributed by atoms with Crippen LogP contribution in [-0.2, 0) is 16.0 Å². The first-order valence-corrected chi connectivity index (χ1v) is 16.4. The summed E-state index contributed by atoms with van der Waals surface area (Å²) < 4.78 is 13.0. The quantitative estimate of drug-likeness (QED) is 0.250. The summed E-state index contributed by atoms with van der Waals surface area (Å²) >= 11 is 1.41. The number of nitrogens with zero attached hydrogens (tertiary/aromatic N) is 7. The predicted octanol–water partition coefficient (Wildman–Crippen LogP) is 5.83. The predicted molar refractivity (Wildman–Crippen MR) is 177 cm³/mol. The number of ether oxygens (including phenoxy) is 2. The lowest BCUT2D eigenvalue weighted by Gasteiger charge is -2.36. The first-order chi connectivity index (χ1) is 21.6. The molecule has 0 spiro atoms. The maximum Gasteiger partial charge on any atom is 0.416 e. The largest absolute Gasteiger partial charge is 0.444 e. The molecule has 1 saturated heterocycles. The van der Waals surface area contributed by atoms with Gasteiger partial charge in [-0.1, -0.05) is 25.2 Å². The molecule has 2 atom stereocenters. The van der Waals surface area contributed by atoms with Crippen LogP contribution in [0.25, 0.3) is 16.0 Å². The molecule has 0 radical (unpaired) electrons. The Morgan fingerprint density at radius 1 is 1.15 bits per heavy atom. The topological polar surface area (TPSA) is 147 Å². The van der Waals surface area contributed by atoms with E-state index < -0.39 is 29.5 Å². The number of nitrogens with one attached hydrogen (secondary N) is 1. The Bertz CT molecular complexity index is 1670. The van der Waals surface area contributed by atoms with Crippen molar-refractivity contribution in [3.05, 3.63) is 41.2 Å². The Hall–Kier alpha value is -4.04. The zero-order chi connectivity index (χ0) is 33.4.